The van der Waals surface area contributed by atoms with Crippen LogP contribution in [-0.2, 0) is 0 Å². The van der Waals surface area contributed by atoms with E-state index in [1.54, 1.807) is 5.51 Å². The van der Waals surface area contributed by atoms with Gasteiger partial charge in [0.15, 0.2) is 4.34 Å². The van der Waals surface area contributed by atoms with Crippen LogP contribution in [0.1, 0.15) is 12.8 Å². The van der Waals surface area contributed by atoms with Crippen LogP contribution >= 0.6 is 34.7 Å². The first-order chi connectivity index (χ1) is 8.81. The monoisotopic (exact) mass is 300 g/mol. The van der Waals surface area contributed by atoms with Gasteiger partial charge in [0.05, 0.1) is 0 Å². The van der Waals surface area contributed by atoms with E-state index in [4.69, 9.17) is 11.6 Å². The molecule has 94 valence electrons. The molecule has 0 atom stereocenters. The van der Waals surface area contributed by atoms with Gasteiger partial charge >= 0.3 is 0 Å². The highest BCUT2D eigenvalue weighted by Crippen LogP contribution is 2.28. The Kier molecular flexibility index (Phi) is 3.57. The lowest BCUT2D eigenvalue weighted by atomic mass is 10.4. The van der Waals surface area contributed by atoms with E-state index >= 15 is 0 Å². The molecule has 0 aromatic carbocycles. The highest BCUT2D eigenvalue weighted by atomic mass is 35.5. The summed E-state index contributed by atoms with van der Waals surface area (Å²) in [4.78, 5) is 14.8. The van der Waals surface area contributed by atoms with Gasteiger partial charge in [0.2, 0.25) is 16.4 Å². The maximum atomic E-state index is 5.93. The summed E-state index contributed by atoms with van der Waals surface area (Å²) < 4.78 is 0.796. The van der Waals surface area contributed by atoms with Crippen LogP contribution in [-0.4, -0.2) is 38.2 Å². The van der Waals surface area contributed by atoms with Crippen molar-refractivity contribution in [1.82, 2.24) is 25.1 Å². The van der Waals surface area contributed by atoms with Crippen molar-refractivity contribution in [2.45, 2.75) is 22.3 Å². The predicted molar refractivity (Wildman–Crippen MR) is 70.3 cm³/mol. The minimum Gasteiger partial charge on any atom is -0.341 e. The Morgan fingerprint density at radius 1 is 1.22 bits per heavy atom. The summed E-state index contributed by atoms with van der Waals surface area (Å²) >= 11 is 8.73. The molecule has 1 aliphatic rings. The van der Waals surface area contributed by atoms with Crippen molar-refractivity contribution in [3.8, 4) is 0 Å². The Hall–Kier alpha value is -0.990. The van der Waals surface area contributed by atoms with Crippen molar-refractivity contribution in [3.05, 3.63) is 10.8 Å². The van der Waals surface area contributed by atoms with Gasteiger partial charge in [0.25, 0.3) is 0 Å². The van der Waals surface area contributed by atoms with Gasteiger partial charge in [-0.15, -0.1) is 10.2 Å². The van der Waals surface area contributed by atoms with Gasteiger partial charge in [-0.25, -0.2) is 0 Å². The van der Waals surface area contributed by atoms with Crippen LogP contribution in [0.3, 0.4) is 0 Å². The molecule has 1 saturated heterocycles. The quantitative estimate of drug-likeness (QED) is 0.860. The molecule has 1 fully saturated rings. The number of hydrogen-bond acceptors (Lipinski definition) is 8. The molecular weight excluding hydrogens is 292 g/mol. The van der Waals surface area contributed by atoms with Crippen molar-refractivity contribution >= 4 is 40.6 Å². The fourth-order valence-corrected chi connectivity index (χ4v) is 3.24. The van der Waals surface area contributed by atoms with Crippen molar-refractivity contribution in [2.24, 2.45) is 0 Å². The number of hydrogen-bond donors (Lipinski definition) is 0. The molecule has 0 aliphatic carbocycles. The SMILES string of the molecule is Clc1nc(Sc2nncs2)nc(N2CCCC2)n1. The number of halogens is 1. The second kappa shape index (κ2) is 5.33. The Labute approximate surface area is 117 Å². The lowest BCUT2D eigenvalue weighted by molar-refractivity contribution is 0.825. The highest BCUT2D eigenvalue weighted by Gasteiger charge is 2.17. The summed E-state index contributed by atoms with van der Waals surface area (Å²) in [6.45, 7) is 1.95. The van der Waals surface area contributed by atoms with Crippen LogP contribution in [0, 0.1) is 0 Å². The lowest BCUT2D eigenvalue weighted by Crippen LogP contribution is -2.21. The molecular formula is C9H9ClN6S2. The zero-order chi connectivity index (χ0) is 12.4. The molecule has 1 aliphatic heterocycles. The van der Waals surface area contributed by atoms with E-state index in [9.17, 15) is 0 Å². The lowest BCUT2D eigenvalue weighted by Gasteiger charge is -2.14. The molecule has 0 N–H and O–H groups in total. The Bertz CT molecular complexity index is 528. The van der Waals surface area contributed by atoms with E-state index in [2.05, 4.69) is 30.0 Å². The zero-order valence-electron chi connectivity index (χ0n) is 9.28. The van der Waals surface area contributed by atoms with Gasteiger partial charge in [-0.05, 0) is 36.2 Å². The Morgan fingerprint density at radius 3 is 2.78 bits per heavy atom. The van der Waals surface area contributed by atoms with Gasteiger partial charge in [0, 0.05) is 13.1 Å². The van der Waals surface area contributed by atoms with Gasteiger partial charge in [-0.1, -0.05) is 11.3 Å². The first-order valence-corrected chi connectivity index (χ1v) is 7.49. The third kappa shape index (κ3) is 2.70. The molecule has 9 heteroatoms. The van der Waals surface area contributed by atoms with Crippen LogP contribution < -0.4 is 4.90 Å². The predicted octanol–water partition coefficient (Wildman–Crippen LogP) is 2.13. The van der Waals surface area contributed by atoms with Crippen LogP contribution in [0.15, 0.2) is 15.0 Å². The first-order valence-electron chi connectivity index (χ1n) is 5.42. The van der Waals surface area contributed by atoms with Crippen molar-refractivity contribution in [3.63, 3.8) is 0 Å². The zero-order valence-corrected chi connectivity index (χ0v) is 11.7. The minimum absolute atomic E-state index is 0.221. The fourth-order valence-electron chi connectivity index (χ4n) is 1.71. The van der Waals surface area contributed by atoms with Crippen LogP contribution in [0.4, 0.5) is 5.95 Å². The van der Waals surface area contributed by atoms with Crippen molar-refractivity contribution in [2.75, 3.05) is 18.0 Å². The standard InChI is InChI=1S/C9H9ClN6S2/c10-6-12-7(16-3-1-2-4-16)14-8(13-6)18-9-15-11-5-17-9/h5H,1-4H2. The van der Waals surface area contributed by atoms with Gasteiger partial charge in [-0.3, -0.25) is 0 Å². The van der Waals surface area contributed by atoms with Gasteiger partial charge in [0.1, 0.15) is 5.51 Å². The molecule has 0 spiro atoms. The minimum atomic E-state index is 0.221. The van der Waals surface area contributed by atoms with Crippen LogP contribution in [0.5, 0.6) is 0 Å². The maximum Gasteiger partial charge on any atom is 0.230 e. The second-order valence-electron chi connectivity index (χ2n) is 3.69. The highest BCUT2D eigenvalue weighted by molar-refractivity contribution is 8.00. The van der Waals surface area contributed by atoms with E-state index in [1.165, 1.54) is 35.9 Å². The molecule has 0 radical (unpaired) electrons. The summed E-state index contributed by atoms with van der Waals surface area (Å²) in [6, 6.07) is 0. The number of aromatic nitrogens is 5. The summed E-state index contributed by atoms with van der Waals surface area (Å²) in [5.74, 6) is 0.652. The van der Waals surface area contributed by atoms with E-state index < -0.39 is 0 Å². The van der Waals surface area contributed by atoms with Crippen molar-refractivity contribution < 1.29 is 0 Å². The van der Waals surface area contributed by atoms with Crippen LogP contribution in [0.2, 0.25) is 5.28 Å². The Balaban J connectivity index is 1.85. The average molecular weight is 301 g/mol. The van der Waals surface area contributed by atoms with Gasteiger partial charge in [-0.2, -0.15) is 15.0 Å². The number of nitrogens with zero attached hydrogens (tertiary/aromatic N) is 6. The largest absolute Gasteiger partial charge is 0.341 e. The van der Waals surface area contributed by atoms with Crippen molar-refractivity contribution in [1.29, 1.82) is 0 Å². The molecule has 6 nitrogen and oxygen atoms in total. The smallest absolute Gasteiger partial charge is 0.230 e. The summed E-state index contributed by atoms with van der Waals surface area (Å²) in [6.07, 6.45) is 2.34. The normalized spacial score (nSPS) is 15.3. The molecule has 0 amide bonds. The van der Waals surface area contributed by atoms with E-state index in [0.29, 0.717) is 11.1 Å². The number of anilines is 1. The van der Waals surface area contributed by atoms with E-state index in [0.717, 1.165) is 17.4 Å². The first kappa shape index (κ1) is 12.1. The molecule has 18 heavy (non-hydrogen) atoms. The number of rotatable bonds is 3. The fraction of sp³-hybridized carbons (Fsp3) is 0.444. The average Bonchev–Trinajstić information content (AvgIpc) is 3.00. The molecule has 2 aromatic heterocycles. The van der Waals surface area contributed by atoms with E-state index in [-0.39, 0.29) is 5.28 Å². The molecule has 3 rings (SSSR count). The summed E-state index contributed by atoms with van der Waals surface area (Å²) in [7, 11) is 0. The second-order valence-corrected chi connectivity index (χ2v) is 6.07. The maximum absolute atomic E-state index is 5.93. The van der Waals surface area contributed by atoms with Gasteiger partial charge < -0.3 is 4.90 Å². The molecule has 2 aromatic rings. The summed E-state index contributed by atoms with van der Waals surface area (Å²) in [5, 5.41) is 8.50. The topological polar surface area (TPSA) is 67.7 Å². The van der Waals surface area contributed by atoms with E-state index in [1.807, 2.05) is 0 Å². The third-order valence-corrected chi connectivity index (χ3v) is 4.30. The third-order valence-electron chi connectivity index (χ3n) is 2.48. The molecule has 0 bridgehead atoms. The van der Waals surface area contributed by atoms with Crippen LogP contribution in [0.25, 0.3) is 0 Å². The molecule has 0 saturated carbocycles. The summed E-state index contributed by atoms with van der Waals surface area (Å²) in [5.41, 5.74) is 1.67. The molecule has 0 unspecified atom stereocenters. The Morgan fingerprint density at radius 2 is 2.06 bits per heavy atom. The molecule has 3 heterocycles.